The smallest absolute Gasteiger partial charge is 0.335 e. The molecule has 0 aliphatic carbocycles. The first-order valence-electron chi connectivity index (χ1n) is 7.76. The van der Waals surface area contributed by atoms with Crippen LogP contribution in [0.4, 0.5) is 6.01 Å². The number of thiazole rings is 1. The number of anilines is 1. The van der Waals surface area contributed by atoms with Crippen molar-refractivity contribution in [2.75, 3.05) is 18.0 Å². The third-order valence-corrected chi connectivity index (χ3v) is 5.39. The Morgan fingerprint density at radius 1 is 1.38 bits per heavy atom. The predicted molar refractivity (Wildman–Crippen MR) is 89.6 cm³/mol. The molecule has 0 radical (unpaired) electrons. The fourth-order valence-corrected chi connectivity index (χ4v) is 4.12. The lowest BCUT2D eigenvalue weighted by molar-refractivity contribution is 0.0697. The SMILES string of the molecule is O=C(O)c1cc(-c2nccs2)c2oc(N3CC4CC(C3)N4)nc2c1. The lowest BCUT2D eigenvalue weighted by Gasteiger charge is -2.47. The summed E-state index contributed by atoms with van der Waals surface area (Å²) in [7, 11) is 0. The number of rotatable bonds is 3. The van der Waals surface area contributed by atoms with Gasteiger partial charge in [-0.3, -0.25) is 0 Å². The lowest BCUT2D eigenvalue weighted by Crippen LogP contribution is -2.67. The molecule has 3 saturated heterocycles. The van der Waals surface area contributed by atoms with Crippen LogP contribution >= 0.6 is 11.3 Å². The van der Waals surface area contributed by atoms with Crippen molar-refractivity contribution < 1.29 is 14.3 Å². The molecule has 0 spiro atoms. The first-order chi connectivity index (χ1) is 11.7. The molecule has 3 aromatic rings. The number of aromatic carboxylic acids is 1. The fraction of sp³-hybridized carbons (Fsp3) is 0.312. The Bertz CT molecular complexity index is 920. The molecular formula is C16H14N4O3S. The van der Waals surface area contributed by atoms with Crippen molar-refractivity contribution in [3.05, 3.63) is 29.3 Å². The molecule has 0 amide bonds. The van der Waals surface area contributed by atoms with Gasteiger partial charge in [0.05, 0.1) is 11.1 Å². The molecule has 24 heavy (non-hydrogen) atoms. The van der Waals surface area contributed by atoms with E-state index in [0.717, 1.165) is 18.1 Å². The number of hydrogen-bond donors (Lipinski definition) is 2. The van der Waals surface area contributed by atoms with Crippen LogP contribution in [-0.2, 0) is 0 Å². The van der Waals surface area contributed by atoms with Crippen LogP contribution in [0.15, 0.2) is 28.1 Å². The van der Waals surface area contributed by atoms with E-state index in [1.807, 2.05) is 5.38 Å². The molecule has 3 fully saturated rings. The van der Waals surface area contributed by atoms with E-state index < -0.39 is 5.97 Å². The summed E-state index contributed by atoms with van der Waals surface area (Å²) >= 11 is 1.45. The van der Waals surface area contributed by atoms with Crippen LogP contribution in [0.2, 0.25) is 0 Å². The Morgan fingerprint density at radius 3 is 2.83 bits per heavy atom. The number of benzene rings is 1. The average molecular weight is 342 g/mol. The Labute approximate surface area is 140 Å². The second kappa shape index (κ2) is 5.02. The summed E-state index contributed by atoms with van der Waals surface area (Å²) in [6.45, 7) is 1.73. The summed E-state index contributed by atoms with van der Waals surface area (Å²) in [6, 6.07) is 4.71. The van der Waals surface area contributed by atoms with E-state index in [9.17, 15) is 9.90 Å². The number of aromatic nitrogens is 2. The van der Waals surface area contributed by atoms with E-state index in [2.05, 4.69) is 20.2 Å². The van der Waals surface area contributed by atoms with Crippen LogP contribution in [0.1, 0.15) is 16.8 Å². The largest absolute Gasteiger partial charge is 0.478 e. The monoisotopic (exact) mass is 342 g/mol. The Hall–Kier alpha value is -2.45. The van der Waals surface area contributed by atoms with Gasteiger partial charge in [0, 0.05) is 36.8 Å². The molecule has 2 bridgehead atoms. The lowest BCUT2D eigenvalue weighted by atomic mass is 9.92. The highest BCUT2D eigenvalue weighted by Crippen LogP contribution is 2.35. The fourth-order valence-electron chi connectivity index (χ4n) is 3.46. The van der Waals surface area contributed by atoms with E-state index in [1.54, 1.807) is 18.3 Å². The number of piperazine rings is 1. The summed E-state index contributed by atoms with van der Waals surface area (Å²) in [4.78, 5) is 22.4. The molecule has 0 saturated carbocycles. The Kier molecular flexibility index (Phi) is 2.92. The van der Waals surface area contributed by atoms with E-state index in [-0.39, 0.29) is 5.56 Å². The number of nitrogens with zero attached hydrogens (tertiary/aromatic N) is 3. The summed E-state index contributed by atoms with van der Waals surface area (Å²) in [5.74, 6) is -0.984. The number of nitrogens with one attached hydrogen (secondary N) is 1. The van der Waals surface area contributed by atoms with Crippen molar-refractivity contribution in [3.63, 3.8) is 0 Å². The summed E-state index contributed by atoms with van der Waals surface area (Å²) < 4.78 is 6.03. The minimum atomic E-state index is -0.984. The minimum Gasteiger partial charge on any atom is -0.478 e. The maximum Gasteiger partial charge on any atom is 0.335 e. The third kappa shape index (κ3) is 2.10. The van der Waals surface area contributed by atoms with Crippen LogP contribution in [0.25, 0.3) is 21.7 Å². The van der Waals surface area contributed by atoms with Gasteiger partial charge in [0.25, 0.3) is 6.01 Å². The topological polar surface area (TPSA) is 91.5 Å². The molecule has 2 atom stereocenters. The second-order valence-corrected chi connectivity index (χ2v) is 7.11. The first-order valence-corrected chi connectivity index (χ1v) is 8.64. The molecule has 2 aromatic heterocycles. The van der Waals surface area contributed by atoms with E-state index in [0.29, 0.717) is 34.8 Å². The molecule has 7 nitrogen and oxygen atoms in total. The highest BCUT2D eigenvalue weighted by molar-refractivity contribution is 7.13. The molecule has 1 aromatic carbocycles. The van der Waals surface area contributed by atoms with E-state index in [1.165, 1.54) is 17.8 Å². The van der Waals surface area contributed by atoms with Crippen molar-refractivity contribution in [1.82, 2.24) is 15.3 Å². The van der Waals surface area contributed by atoms with Crippen LogP contribution in [0.3, 0.4) is 0 Å². The van der Waals surface area contributed by atoms with Crippen LogP contribution in [0, 0.1) is 0 Å². The zero-order valence-corrected chi connectivity index (χ0v) is 13.4. The van der Waals surface area contributed by atoms with Gasteiger partial charge >= 0.3 is 5.97 Å². The van der Waals surface area contributed by atoms with Crippen molar-refractivity contribution in [2.45, 2.75) is 18.5 Å². The third-order valence-electron chi connectivity index (χ3n) is 4.58. The van der Waals surface area contributed by atoms with Crippen LogP contribution < -0.4 is 10.2 Å². The van der Waals surface area contributed by atoms with Gasteiger partial charge in [-0.2, -0.15) is 4.98 Å². The van der Waals surface area contributed by atoms with Crippen LogP contribution in [0.5, 0.6) is 0 Å². The van der Waals surface area contributed by atoms with E-state index in [4.69, 9.17) is 4.42 Å². The van der Waals surface area contributed by atoms with Gasteiger partial charge < -0.3 is 19.7 Å². The molecule has 3 aliphatic heterocycles. The summed E-state index contributed by atoms with van der Waals surface area (Å²) in [5.41, 5.74) is 2.02. The van der Waals surface area contributed by atoms with Gasteiger partial charge in [0.2, 0.25) is 0 Å². The number of carbonyl (C=O) groups is 1. The van der Waals surface area contributed by atoms with Crippen molar-refractivity contribution in [2.24, 2.45) is 0 Å². The Balaban J connectivity index is 1.64. The highest BCUT2D eigenvalue weighted by atomic mass is 32.1. The molecule has 5 heterocycles. The van der Waals surface area contributed by atoms with Crippen molar-refractivity contribution >= 4 is 34.4 Å². The number of piperidine rings is 1. The summed E-state index contributed by atoms with van der Waals surface area (Å²) in [6.07, 6.45) is 2.89. The van der Waals surface area contributed by atoms with Gasteiger partial charge in [-0.05, 0) is 18.6 Å². The first kappa shape index (κ1) is 13.9. The number of fused-ring (bicyclic) bond motifs is 3. The molecule has 8 heteroatoms. The minimum absolute atomic E-state index is 0.190. The normalized spacial score (nSPS) is 22.6. The predicted octanol–water partition coefficient (Wildman–Crippen LogP) is 2.20. The van der Waals surface area contributed by atoms with Crippen molar-refractivity contribution in [1.29, 1.82) is 0 Å². The second-order valence-electron chi connectivity index (χ2n) is 6.21. The standard InChI is InChI=1S/C16H14N4O3S/c21-15(22)8-3-11(14-17-1-2-24-14)13-12(4-8)19-16(23-13)20-6-9-5-10(7-20)18-9/h1-4,9-10,18H,5-7H2,(H,21,22). The zero-order valence-electron chi connectivity index (χ0n) is 12.6. The van der Waals surface area contributed by atoms with Crippen molar-refractivity contribution in [3.8, 4) is 10.6 Å². The van der Waals surface area contributed by atoms with Gasteiger partial charge in [0.15, 0.2) is 5.58 Å². The van der Waals surface area contributed by atoms with Gasteiger partial charge in [-0.25, -0.2) is 9.78 Å². The average Bonchev–Trinajstić information content (AvgIpc) is 3.22. The van der Waals surface area contributed by atoms with Crippen LogP contribution in [-0.4, -0.2) is 46.2 Å². The zero-order chi connectivity index (χ0) is 16.3. The number of carboxylic acids is 1. The number of hydrogen-bond acceptors (Lipinski definition) is 7. The van der Waals surface area contributed by atoms with Gasteiger partial charge in [-0.15, -0.1) is 11.3 Å². The van der Waals surface area contributed by atoms with Gasteiger partial charge in [-0.1, -0.05) is 0 Å². The molecule has 2 unspecified atom stereocenters. The number of carboxylic acid groups (broad SMARTS) is 1. The maximum absolute atomic E-state index is 11.4. The summed E-state index contributed by atoms with van der Waals surface area (Å²) in [5, 5.41) is 15.4. The molecule has 6 rings (SSSR count). The highest BCUT2D eigenvalue weighted by Gasteiger charge is 2.38. The Morgan fingerprint density at radius 2 is 2.17 bits per heavy atom. The number of oxazole rings is 1. The maximum atomic E-state index is 11.4. The molecular weight excluding hydrogens is 328 g/mol. The molecule has 2 N–H and O–H groups in total. The quantitative estimate of drug-likeness (QED) is 0.754. The van der Waals surface area contributed by atoms with E-state index >= 15 is 0 Å². The van der Waals surface area contributed by atoms with Gasteiger partial charge in [0.1, 0.15) is 10.5 Å². The molecule has 122 valence electrons. The molecule has 3 aliphatic rings.